The Hall–Kier alpha value is -2.45. The molecule has 2 aromatic heterocycles. The first-order chi connectivity index (χ1) is 13.5. The molecule has 0 saturated heterocycles. The van der Waals surface area contributed by atoms with E-state index >= 15 is 0 Å². The second kappa shape index (κ2) is 6.56. The van der Waals surface area contributed by atoms with E-state index in [0.29, 0.717) is 18.9 Å². The average molecular weight is 387 g/mol. The van der Waals surface area contributed by atoms with Gasteiger partial charge >= 0.3 is 0 Å². The predicted molar refractivity (Wildman–Crippen MR) is 96.9 cm³/mol. The minimum atomic E-state index is -1.17. The largest absolute Gasteiger partial charge is 0.327 e. The fraction of sp³-hybridized carbons (Fsp3) is 0.400. The van der Waals surface area contributed by atoms with E-state index in [9.17, 15) is 13.2 Å². The molecule has 5 nitrogen and oxygen atoms in total. The van der Waals surface area contributed by atoms with E-state index in [-0.39, 0.29) is 23.6 Å². The Balaban J connectivity index is 1.32. The van der Waals surface area contributed by atoms with Crippen molar-refractivity contribution in [3.63, 3.8) is 0 Å². The number of nitrogens with zero attached hydrogens (tertiary/aromatic N) is 4. The van der Waals surface area contributed by atoms with E-state index in [1.807, 2.05) is 12.3 Å². The first kappa shape index (κ1) is 17.6. The quantitative estimate of drug-likeness (QED) is 0.687. The maximum Gasteiger partial charge on any atom is 0.161 e. The summed E-state index contributed by atoms with van der Waals surface area (Å²) in [7, 11) is 0. The highest BCUT2D eigenvalue weighted by molar-refractivity contribution is 5.51. The van der Waals surface area contributed by atoms with Crippen molar-refractivity contribution in [1.29, 1.82) is 0 Å². The van der Waals surface area contributed by atoms with Crippen LogP contribution in [-0.4, -0.2) is 31.6 Å². The van der Waals surface area contributed by atoms with Crippen molar-refractivity contribution in [2.24, 2.45) is 5.73 Å². The van der Waals surface area contributed by atoms with E-state index in [1.165, 1.54) is 0 Å². The molecule has 2 unspecified atom stereocenters. The summed E-state index contributed by atoms with van der Waals surface area (Å²) in [5, 5.41) is 4.60. The van der Waals surface area contributed by atoms with Crippen LogP contribution in [-0.2, 0) is 13.1 Å². The van der Waals surface area contributed by atoms with Crippen LogP contribution in [0.5, 0.6) is 0 Å². The lowest BCUT2D eigenvalue weighted by atomic mass is 9.77. The van der Waals surface area contributed by atoms with Crippen molar-refractivity contribution < 1.29 is 13.2 Å². The zero-order valence-electron chi connectivity index (χ0n) is 15.2. The average Bonchev–Trinajstić information content (AvgIpc) is 3.23. The van der Waals surface area contributed by atoms with E-state index in [1.54, 1.807) is 10.7 Å². The van der Waals surface area contributed by atoms with Crippen LogP contribution < -0.4 is 5.73 Å². The summed E-state index contributed by atoms with van der Waals surface area (Å²) < 4.78 is 42.8. The van der Waals surface area contributed by atoms with Crippen molar-refractivity contribution in [2.45, 2.75) is 50.4 Å². The van der Waals surface area contributed by atoms with Crippen molar-refractivity contribution in [2.75, 3.05) is 0 Å². The number of aromatic nitrogens is 3. The van der Waals surface area contributed by atoms with E-state index in [0.717, 1.165) is 42.5 Å². The maximum absolute atomic E-state index is 14.2. The SMILES string of the molecule is NC1C[C@@H](N2Cc3nn4cccnc4c3C2)CCC1c1cc(F)c(F)cc1F. The van der Waals surface area contributed by atoms with Crippen LogP contribution in [0.2, 0.25) is 0 Å². The van der Waals surface area contributed by atoms with Gasteiger partial charge in [-0.15, -0.1) is 0 Å². The Morgan fingerprint density at radius 1 is 1.04 bits per heavy atom. The number of benzene rings is 1. The number of hydrogen-bond acceptors (Lipinski definition) is 4. The van der Waals surface area contributed by atoms with Crippen LogP contribution in [0.15, 0.2) is 30.6 Å². The van der Waals surface area contributed by atoms with Crippen LogP contribution in [0, 0.1) is 17.5 Å². The fourth-order valence-corrected chi connectivity index (χ4v) is 4.70. The molecule has 1 fully saturated rings. The summed E-state index contributed by atoms with van der Waals surface area (Å²) in [5.74, 6) is -3.23. The number of nitrogens with two attached hydrogens (primary N) is 1. The Bertz CT molecular complexity index is 1050. The summed E-state index contributed by atoms with van der Waals surface area (Å²) in [6.07, 6.45) is 5.78. The van der Waals surface area contributed by atoms with E-state index < -0.39 is 17.5 Å². The molecule has 1 saturated carbocycles. The Kier molecular flexibility index (Phi) is 4.13. The molecule has 3 atom stereocenters. The van der Waals surface area contributed by atoms with Gasteiger partial charge in [0.15, 0.2) is 17.3 Å². The predicted octanol–water partition coefficient (Wildman–Crippen LogP) is 3.13. The van der Waals surface area contributed by atoms with Gasteiger partial charge in [0.1, 0.15) is 5.82 Å². The monoisotopic (exact) mass is 387 g/mol. The first-order valence-corrected chi connectivity index (χ1v) is 9.46. The lowest BCUT2D eigenvalue weighted by molar-refractivity contribution is 0.136. The van der Waals surface area contributed by atoms with Gasteiger partial charge in [-0.2, -0.15) is 5.10 Å². The van der Waals surface area contributed by atoms with Gasteiger partial charge in [0.25, 0.3) is 0 Å². The molecule has 1 aromatic carbocycles. The normalized spacial score (nSPS) is 25.4. The zero-order chi connectivity index (χ0) is 19.4. The van der Waals surface area contributed by atoms with Crippen LogP contribution in [0.25, 0.3) is 5.65 Å². The smallest absolute Gasteiger partial charge is 0.161 e. The number of rotatable bonds is 2. The molecule has 3 heterocycles. The van der Waals surface area contributed by atoms with Crippen LogP contribution in [0.4, 0.5) is 13.2 Å². The van der Waals surface area contributed by atoms with Gasteiger partial charge in [-0.1, -0.05) is 0 Å². The van der Waals surface area contributed by atoms with Crippen molar-refractivity contribution >= 4 is 5.65 Å². The Morgan fingerprint density at radius 3 is 2.68 bits per heavy atom. The molecule has 5 rings (SSSR count). The first-order valence-electron chi connectivity index (χ1n) is 9.46. The standard InChI is InChI=1S/C20H20F3N5/c21-15-8-17(23)16(22)7-13(15)12-3-2-11(6-18(12)24)27-9-14-19(10-27)26-28-5-1-4-25-20(14)28/h1,4-5,7-8,11-12,18H,2-3,6,9-10,24H2/t11-,12?,18?/m0/s1. The van der Waals surface area contributed by atoms with Crippen LogP contribution in [0.3, 0.4) is 0 Å². The van der Waals surface area contributed by atoms with E-state index in [2.05, 4.69) is 15.0 Å². The molecular formula is C20H20F3N5. The molecule has 28 heavy (non-hydrogen) atoms. The second-order valence-electron chi connectivity index (χ2n) is 7.74. The second-order valence-corrected chi connectivity index (χ2v) is 7.74. The molecule has 146 valence electrons. The molecule has 1 aliphatic carbocycles. The minimum absolute atomic E-state index is 0.177. The van der Waals surface area contributed by atoms with Gasteiger partial charge in [-0.25, -0.2) is 22.7 Å². The molecule has 1 aliphatic heterocycles. The fourth-order valence-electron chi connectivity index (χ4n) is 4.70. The van der Waals surface area contributed by atoms with Crippen LogP contribution in [0.1, 0.15) is 42.0 Å². The van der Waals surface area contributed by atoms with Gasteiger partial charge in [-0.05, 0) is 37.0 Å². The molecule has 2 aliphatic rings. The van der Waals surface area contributed by atoms with E-state index in [4.69, 9.17) is 5.73 Å². The lowest BCUT2D eigenvalue weighted by Gasteiger charge is -2.38. The van der Waals surface area contributed by atoms with Crippen LogP contribution >= 0.6 is 0 Å². The van der Waals surface area contributed by atoms with Gasteiger partial charge in [0.2, 0.25) is 0 Å². The topological polar surface area (TPSA) is 59.5 Å². The molecule has 0 amide bonds. The van der Waals surface area contributed by atoms with Gasteiger partial charge < -0.3 is 5.73 Å². The third-order valence-corrected chi connectivity index (χ3v) is 6.12. The number of fused-ring (bicyclic) bond motifs is 3. The highest BCUT2D eigenvalue weighted by Crippen LogP contribution is 2.38. The maximum atomic E-state index is 14.2. The Labute approximate surface area is 160 Å². The molecule has 0 radical (unpaired) electrons. The highest BCUT2D eigenvalue weighted by Gasteiger charge is 2.37. The van der Waals surface area contributed by atoms with Crippen molar-refractivity contribution in [3.05, 3.63) is 64.9 Å². The van der Waals surface area contributed by atoms with Crippen molar-refractivity contribution in [3.8, 4) is 0 Å². The molecular weight excluding hydrogens is 367 g/mol. The third kappa shape index (κ3) is 2.79. The summed E-state index contributed by atoms with van der Waals surface area (Å²) >= 11 is 0. The number of hydrogen-bond donors (Lipinski definition) is 1. The highest BCUT2D eigenvalue weighted by atomic mass is 19.2. The molecule has 2 N–H and O–H groups in total. The Morgan fingerprint density at radius 2 is 1.86 bits per heavy atom. The summed E-state index contributed by atoms with van der Waals surface area (Å²) in [6, 6.07) is 3.36. The zero-order valence-corrected chi connectivity index (χ0v) is 15.2. The summed E-state index contributed by atoms with van der Waals surface area (Å²) in [4.78, 5) is 6.76. The minimum Gasteiger partial charge on any atom is -0.327 e. The molecule has 3 aromatic rings. The van der Waals surface area contributed by atoms with Gasteiger partial charge in [0.05, 0.1) is 5.69 Å². The van der Waals surface area contributed by atoms with Gasteiger partial charge in [0, 0.05) is 55.1 Å². The molecule has 0 spiro atoms. The van der Waals surface area contributed by atoms with Gasteiger partial charge in [-0.3, -0.25) is 4.90 Å². The molecule has 8 heteroatoms. The third-order valence-electron chi connectivity index (χ3n) is 6.12. The summed E-state index contributed by atoms with van der Waals surface area (Å²) in [6.45, 7) is 1.50. The summed E-state index contributed by atoms with van der Waals surface area (Å²) in [5.41, 5.74) is 9.58. The lowest BCUT2D eigenvalue weighted by Crippen LogP contribution is -2.44. The number of halogens is 3. The van der Waals surface area contributed by atoms with Crippen molar-refractivity contribution in [1.82, 2.24) is 19.5 Å². The molecule has 0 bridgehead atoms.